The van der Waals surface area contributed by atoms with Crippen molar-refractivity contribution in [2.24, 2.45) is 0 Å². The van der Waals surface area contributed by atoms with Crippen molar-refractivity contribution in [3.63, 3.8) is 0 Å². The number of hydrogen-bond donors (Lipinski definition) is 1. The van der Waals surface area contributed by atoms with Gasteiger partial charge in [0.2, 0.25) is 0 Å². The minimum absolute atomic E-state index is 0.0606. The van der Waals surface area contributed by atoms with Crippen LogP contribution in [0, 0.1) is 0 Å². The SMILES string of the molecule is O=C(NCCc1ccc(Cl)cc1)c1ccc(Cn2cccn2)cc1. The minimum Gasteiger partial charge on any atom is -0.352 e. The van der Waals surface area contributed by atoms with E-state index in [1.807, 2.05) is 65.5 Å². The summed E-state index contributed by atoms with van der Waals surface area (Å²) in [5, 5.41) is 7.83. The summed E-state index contributed by atoms with van der Waals surface area (Å²) in [6, 6.07) is 17.1. The second-order valence-corrected chi connectivity index (χ2v) is 5.97. The van der Waals surface area contributed by atoms with Gasteiger partial charge in [0.05, 0.1) is 6.54 Å². The van der Waals surface area contributed by atoms with Crippen LogP contribution in [-0.2, 0) is 13.0 Å². The second-order valence-electron chi connectivity index (χ2n) is 5.53. The molecule has 0 unspecified atom stereocenters. The number of carbonyl (C=O) groups is 1. The van der Waals surface area contributed by atoms with Crippen LogP contribution in [0.1, 0.15) is 21.5 Å². The van der Waals surface area contributed by atoms with Crippen LogP contribution in [-0.4, -0.2) is 22.2 Å². The fourth-order valence-electron chi connectivity index (χ4n) is 2.42. The fourth-order valence-corrected chi connectivity index (χ4v) is 2.54. The van der Waals surface area contributed by atoms with E-state index in [2.05, 4.69) is 10.4 Å². The maximum Gasteiger partial charge on any atom is 0.251 e. The van der Waals surface area contributed by atoms with Crippen molar-refractivity contribution in [2.75, 3.05) is 6.54 Å². The molecular weight excluding hydrogens is 322 g/mol. The Hall–Kier alpha value is -2.59. The third-order valence-corrected chi connectivity index (χ3v) is 3.98. The van der Waals surface area contributed by atoms with E-state index >= 15 is 0 Å². The van der Waals surface area contributed by atoms with Gasteiger partial charge in [0, 0.05) is 29.5 Å². The van der Waals surface area contributed by atoms with Gasteiger partial charge in [-0.3, -0.25) is 9.48 Å². The van der Waals surface area contributed by atoms with Crippen molar-refractivity contribution in [3.8, 4) is 0 Å². The first kappa shape index (κ1) is 16.3. The normalized spacial score (nSPS) is 10.5. The Balaban J connectivity index is 1.50. The van der Waals surface area contributed by atoms with Gasteiger partial charge in [-0.15, -0.1) is 0 Å². The summed E-state index contributed by atoms with van der Waals surface area (Å²) >= 11 is 5.86. The van der Waals surface area contributed by atoms with Crippen molar-refractivity contribution < 1.29 is 4.79 Å². The van der Waals surface area contributed by atoms with Gasteiger partial charge >= 0.3 is 0 Å². The molecule has 0 aliphatic heterocycles. The molecule has 0 saturated carbocycles. The number of halogens is 1. The number of hydrogen-bond acceptors (Lipinski definition) is 2. The molecule has 3 aromatic rings. The Morgan fingerprint density at radius 3 is 2.42 bits per heavy atom. The Bertz CT molecular complexity index is 780. The Morgan fingerprint density at radius 2 is 1.75 bits per heavy atom. The molecule has 2 aromatic carbocycles. The monoisotopic (exact) mass is 339 g/mol. The largest absolute Gasteiger partial charge is 0.352 e. The number of nitrogens with one attached hydrogen (secondary N) is 1. The van der Waals surface area contributed by atoms with Crippen LogP contribution in [0.15, 0.2) is 67.0 Å². The van der Waals surface area contributed by atoms with Crippen LogP contribution in [0.5, 0.6) is 0 Å². The van der Waals surface area contributed by atoms with Crippen molar-refractivity contribution in [1.29, 1.82) is 0 Å². The van der Waals surface area contributed by atoms with Crippen molar-refractivity contribution in [1.82, 2.24) is 15.1 Å². The first-order chi connectivity index (χ1) is 11.7. The molecule has 1 N–H and O–H groups in total. The summed E-state index contributed by atoms with van der Waals surface area (Å²) in [5.74, 6) is -0.0606. The molecule has 1 heterocycles. The molecule has 1 aromatic heterocycles. The number of nitrogens with zero attached hydrogens (tertiary/aromatic N) is 2. The van der Waals surface area contributed by atoms with Crippen LogP contribution in [0.2, 0.25) is 5.02 Å². The van der Waals surface area contributed by atoms with Crippen LogP contribution in [0.25, 0.3) is 0 Å². The van der Waals surface area contributed by atoms with Crippen molar-refractivity contribution in [2.45, 2.75) is 13.0 Å². The molecule has 0 fully saturated rings. The highest BCUT2D eigenvalue weighted by atomic mass is 35.5. The standard InChI is InChI=1S/C19H18ClN3O/c20-18-8-4-15(5-9-18)10-12-21-19(24)17-6-2-16(3-7-17)14-23-13-1-11-22-23/h1-9,11,13H,10,12,14H2,(H,21,24). The zero-order valence-electron chi connectivity index (χ0n) is 13.2. The highest BCUT2D eigenvalue weighted by Crippen LogP contribution is 2.10. The zero-order valence-corrected chi connectivity index (χ0v) is 13.9. The van der Waals surface area contributed by atoms with Gasteiger partial charge in [0.15, 0.2) is 0 Å². The molecule has 5 heteroatoms. The molecule has 0 saturated heterocycles. The predicted molar refractivity (Wildman–Crippen MR) is 95.3 cm³/mol. The van der Waals surface area contributed by atoms with Crippen LogP contribution in [0.4, 0.5) is 0 Å². The number of benzene rings is 2. The summed E-state index contributed by atoms with van der Waals surface area (Å²) < 4.78 is 1.85. The van der Waals surface area contributed by atoms with Crippen LogP contribution in [0.3, 0.4) is 0 Å². The van der Waals surface area contributed by atoms with Gasteiger partial charge in [0.25, 0.3) is 5.91 Å². The topological polar surface area (TPSA) is 46.9 Å². The van der Waals surface area contributed by atoms with Gasteiger partial charge in [-0.2, -0.15) is 5.10 Å². The Morgan fingerprint density at radius 1 is 1.04 bits per heavy atom. The molecule has 0 radical (unpaired) electrons. The maximum absolute atomic E-state index is 12.2. The number of rotatable bonds is 6. The van der Waals surface area contributed by atoms with E-state index in [4.69, 9.17) is 11.6 Å². The van der Waals surface area contributed by atoms with Crippen molar-refractivity contribution in [3.05, 3.63) is 88.7 Å². The first-order valence-electron chi connectivity index (χ1n) is 7.80. The lowest BCUT2D eigenvalue weighted by atomic mass is 10.1. The Labute approximate surface area is 146 Å². The van der Waals surface area contributed by atoms with Crippen molar-refractivity contribution >= 4 is 17.5 Å². The summed E-state index contributed by atoms with van der Waals surface area (Å²) in [6.07, 6.45) is 4.44. The molecular formula is C19H18ClN3O. The third kappa shape index (κ3) is 4.46. The van der Waals surface area contributed by atoms with E-state index in [-0.39, 0.29) is 5.91 Å². The number of carbonyl (C=O) groups excluding carboxylic acids is 1. The summed E-state index contributed by atoms with van der Waals surface area (Å²) in [7, 11) is 0. The van der Waals surface area contributed by atoms with E-state index < -0.39 is 0 Å². The lowest BCUT2D eigenvalue weighted by molar-refractivity contribution is 0.0954. The molecule has 3 rings (SSSR count). The van der Waals surface area contributed by atoms with Crippen LogP contribution >= 0.6 is 11.6 Å². The molecule has 0 atom stereocenters. The zero-order chi connectivity index (χ0) is 16.8. The number of aromatic nitrogens is 2. The molecule has 0 aliphatic rings. The average Bonchev–Trinajstić information content (AvgIpc) is 3.10. The van der Waals surface area contributed by atoms with Gasteiger partial charge in [-0.1, -0.05) is 35.9 Å². The van der Waals surface area contributed by atoms with E-state index in [0.29, 0.717) is 18.7 Å². The molecule has 1 amide bonds. The highest BCUT2D eigenvalue weighted by Gasteiger charge is 2.05. The number of amides is 1. The quantitative estimate of drug-likeness (QED) is 0.746. The van der Waals surface area contributed by atoms with Gasteiger partial charge in [-0.25, -0.2) is 0 Å². The summed E-state index contributed by atoms with van der Waals surface area (Å²) in [5.41, 5.74) is 2.92. The smallest absolute Gasteiger partial charge is 0.251 e. The molecule has 4 nitrogen and oxygen atoms in total. The highest BCUT2D eigenvalue weighted by molar-refractivity contribution is 6.30. The second kappa shape index (κ2) is 7.79. The fraction of sp³-hybridized carbons (Fsp3) is 0.158. The molecule has 122 valence electrons. The molecule has 0 spiro atoms. The van der Waals surface area contributed by atoms with E-state index in [0.717, 1.165) is 22.6 Å². The molecule has 24 heavy (non-hydrogen) atoms. The third-order valence-electron chi connectivity index (χ3n) is 3.73. The molecule has 0 bridgehead atoms. The summed E-state index contributed by atoms with van der Waals surface area (Å²) in [6.45, 7) is 1.29. The van der Waals surface area contributed by atoms with Gasteiger partial charge < -0.3 is 5.32 Å². The minimum atomic E-state index is -0.0606. The average molecular weight is 340 g/mol. The van der Waals surface area contributed by atoms with E-state index in [1.54, 1.807) is 6.20 Å². The predicted octanol–water partition coefficient (Wildman–Crippen LogP) is 3.56. The summed E-state index contributed by atoms with van der Waals surface area (Å²) in [4.78, 5) is 12.2. The van der Waals surface area contributed by atoms with Crippen LogP contribution < -0.4 is 5.32 Å². The lowest BCUT2D eigenvalue weighted by Crippen LogP contribution is -2.25. The van der Waals surface area contributed by atoms with E-state index in [9.17, 15) is 4.79 Å². The van der Waals surface area contributed by atoms with Gasteiger partial charge in [-0.05, 0) is 47.9 Å². The van der Waals surface area contributed by atoms with Gasteiger partial charge in [0.1, 0.15) is 0 Å². The first-order valence-corrected chi connectivity index (χ1v) is 8.17. The Kier molecular flexibility index (Phi) is 5.29. The lowest BCUT2D eigenvalue weighted by Gasteiger charge is -2.07. The maximum atomic E-state index is 12.2. The van der Waals surface area contributed by atoms with E-state index in [1.165, 1.54) is 0 Å². The molecule has 0 aliphatic carbocycles.